The van der Waals surface area contributed by atoms with E-state index in [9.17, 15) is 8.42 Å². The van der Waals surface area contributed by atoms with Gasteiger partial charge in [0.25, 0.3) is 0 Å². The minimum Gasteiger partial charge on any atom is -0.313 e. The molecule has 0 aromatic heterocycles. The van der Waals surface area contributed by atoms with Gasteiger partial charge >= 0.3 is 0 Å². The molecule has 102 valence electrons. The van der Waals surface area contributed by atoms with Gasteiger partial charge in [-0.05, 0) is 45.8 Å². The Morgan fingerprint density at radius 3 is 2.53 bits per heavy atom. The van der Waals surface area contributed by atoms with Gasteiger partial charge in [-0.25, -0.2) is 8.42 Å². The van der Waals surface area contributed by atoms with Crippen LogP contribution in [-0.4, -0.2) is 57.0 Å². The second-order valence-corrected chi connectivity index (χ2v) is 7.43. The number of nitrogens with one attached hydrogen (secondary N) is 1. The molecular formula is C12H26N2O2S. The Labute approximate surface area is 106 Å². The zero-order valence-electron chi connectivity index (χ0n) is 11.1. The van der Waals surface area contributed by atoms with E-state index in [1.807, 2.05) is 0 Å². The first-order valence-corrected chi connectivity index (χ1v) is 8.52. The highest BCUT2D eigenvalue weighted by Crippen LogP contribution is 2.07. The van der Waals surface area contributed by atoms with Gasteiger partial charge in [-0.1, -0.05) is 6.92 Å². The van der Waals surface area contributed by atoms with E-state index in [4.69, 9.17) is 0 Å². The summed E-state index contributed by atoms with van der Waals surface area (Å²) in [6.07, 6.45) is 3.36. The number of sulfone groups is 1. The van der Waals surface area contributed by atoms with E-state index in [-0.39, 0.29) is 5.75 Å². The maximum absolute atomic E-state index is 11.3. The molecule has 0 amide bonds. The molecule has 1 rings (SSSR count). The largest absolute Gasteiger partial charge is 0.313 e. The van der Waals surface area contributed by atoms with Crippen LogP contribution in [0.15, 0.2) is 0 Å². The Bertz CT molecular complexity index is 298. The summed E-state index contributed by atoms with van der Waals surface area (Å²) in [6.45, 7) is 8.20. The number of likely N-dealkylation sites (tertiary alicyclic amines) is 1. The monoisotopic (exact) mass is 262 g/mol. The van der Waals surface area contributed by atoms with E-state index >= 15 is 0 Å². The third-order valence-electron chi connectivity index (χ3n) is 3.30. The molecule has 1 atom stereocenters. The SMILES string of the molecule is CCS(=O)(=O)CCCNC(C)CN1CCCC1. The van der Waals surface area contributed by atoms with Gasteiger partial charge < -0.3 is 10.2 Å². The molecule has 1 saturated heterocycles. The van der Waals surface area contributed by atoms with Gasteiger partial charge in [-0.3, -0.25) is 0 Å². The van der Waals surface area contributed by atoms with Crippen LogP contribution in [0.3, 0.4) is 0 Å². The zero-order chi connectivity index (χ0) is 12.7. The van der Waals surface area contributed by atoms with Crippen LogP contribution in [0, 0.1) is 0 Å². The first-order valence-electron chi connectivity index (χ1n) is 6.69. The summed E-state index contributed by atoms with van der Waals surface area (Å²) in [5.74, 6) is 0.573. The van der Waals surface area contributed by atoms with Crippen LogP contribution in [-0.2, 0) is 9.84 Å². The molecule has 1 aliphatic rings. The first kappa shape index (κ1) is 14.9. The summed E-state index contributed by atoms with van der Waals surface area (Å²) < 4.78 is 22.6. The van der Waals surface area contributed by atoms with E-state index in [0.717, 1.165) is 19.5 Å². The van der Waals surface area contributed by atoms with Crippen LogP contribution in [0.5, 0.6) is 0 Å². The lowest BCUT2D eigenvalue weighted by Gasteiger charge is -2.21. The summed E-state index contributed by atoms with van der Waals surface area (Å²) in [5, 5.41) is 3.40. The second kappa shape index (κ2) is 7.34. The van der Waals surface area contributed by atoms with Crippen LogP contribution in [0.1, 0.15) is 33.1 Å². The summed E-state index contributed by atoms with van der Waals surface area (Å²) in [6, 6.07) is 0.456. The maximum Gasteiger partial charge on any atom is 0.150 e. The third kappa shape index (κ3) is 6.38. The smallest absolute Gasteiger partial charge is 0.150 e. The quantitative estimate of drug-likeness (QED) is 0.660. The molecule has 0 aromatic carbocycles. The standard InChI is InChI=1S/C12H26N2O2S/c1-3-17(15,16)10-6-7-13-12(2)11-14-8-4-5-9-14/h12-13H,3-11H2,1-2H3. The summed E-state index contributed by atoms with van der Waals surface area (Å²) >= 11 is 0. The molecule has 1 heterocycles. The van der Waals surface area contributed by atoms with Crippen molar-refractivity contribution < 1.29 is 8.42 Å². The molecule has 1 unspecified atom stereocenters. The van der Waals surface area contributed by atoms with Gasteiger partial charge in [0.05, 0.1) is 5.75 Å². The third-order valence-corrected chi connectivity index (χ3v) is 5.09. The van der Waals surface area contributed by atoms with Crippen molar-refractivity contribution >= 4 is 9.84 Å². The molecule has 1 fully saturated rings. The van der Waals surface area contributed by atoms with Gasteiger partial charge in [0.2, 0.25) is 0 Å². The Hall–Kier alpha value is -0.130. The van der Waals surface area contributed by atoms with E-state index < -0.39 is 9.84 Å². The lowest BCUT2D eigenvalue weighted by atomic mass is 10.3. The van der Waals surface area contributed by atoms with Gasteiger partial charge in [-0.15, -0.1) is 0 Å². The first-order chi connectivity index (χ1) is 8.03. The zero-order valence-corrected chi connectivity index (χ0v) is 11.9. The van der Waals surface area contributed by atoms with Crippen LogP contribution >= 0.6 is 0 Å². The Morgan fingerprint density at radius 2 is 1.94 bits per heavy atom. The Morgan fingerprint density at radius 1 is 1.29 bits per heavy atom. The fourth-order valence-corrected chi connectivity index (χ4v) is 3.07. The predicted octanol–water partition coefficient (Wildman–Crippen LogP) is 0.885. The van der Waals surface area contributed by atoms with Crippen molar-refractivity contribution in [1.82, 2.24) is 10.2 Å². The lowest BCUT2D eigenvalue weighted by Crippen LogP contribution is -2.38. The fraction of sp³-hybridized carbons (Fsp3) is 1.00. The van der Waals surface area contributed by atoms with E-state index in [2.05, 4.69) is 17.1 Å². The normalized spacial score (nSPS) is 19.6. The molecule has 1 aliphatic heterocycles. The van der Waals surface area contributed by atoms with Crippen molar-refractivity contribution in [2.24, 2.45) is 0 Å². The predicted molar refractivity (Wildman–Crippen MR) is 72.1 cm³/mol. The Balaban J connectivity index is 2.05. The summed E-state index contributed by atoms with van der Waals surface area (Å²) in [4.78, 5) is 2.47. The van der Waals surface area contributed by atoms with Gasteiger partial charge in [0.15, 0.2) is 0 Å². The molecule has 0 spiro atoms. The molecule has 4 nitrogen and oxygen atoms in total. The van der Waals surface area contributed by atoms with Crippen molar-refractivity contribution in [2.45, 2.75) is 39.2 Å². The average Bonchev–Trinajstić information content (AvgIpc) is 2.77. The van der Waals surface area contributed by atoms with Gasteiger partial charge in [0, 0.05) is 18.3 Å². The van der Waals surface area contributed by atoms with Crippen molar-refractivity contribution in [2.75, 3.05) is 37.7 Å². The number of hydrogen-bond acceptors (Lipinski definition) is 4. The Kier molecular flexibility index (Phi) is 6.44. The van der Waals surface area contributed by atoms with Crippen molar-refractivity contribution in [3.05, 3.63) is 0 Å². The number of nitrogens with zero attached hydrogens (tertiary/aromatic N) is 1. The number of hydrogen-bond donors (Lipinski definition) is 1. The molecule has 0 aromatic rings. The summed E-state index contributed by atoms with van der Waals surface area (Å²) in [7, 11) is -2.79. The van der Waals surface area contributed by atoms with Crippen LogP contribution in [0.25, 0.3) is 0 Å². The van der Waals surface area contributed by atoms with Gasteiger partial charge in [0.1, 0.15) is 9.84 Å². The topological polar surface area (TPSA) is 49.4 Å². The van der Waals surface area contributed by atoms with Crippen molar-refractivity contribution in [3.63, 3.8) is 0 Å². The van der Waals surface area contributed by atoms with E-state index in [0.29, 0.717) is 11.8 Å². The molecule has 17 heavy (non-hydrogen) atoms. The molecule has 0 bridgehead atoms. The fourth-order valence-electron chi connectivity index (χ4n) is 2.20. The van der Waals surface area contributed by atoms with Crippen molar-refractivity contribution in [1.29, 1.82) is 0 Å². The minimum atomic E-state index is -2.79. The van der Waals surface area contributed by atoms with Crippen LogP contribution in [0.2, 0.25) is 0 Å². The molecule has 0 radical (unpaired) electrons. The van der Waals surface area contributed by atoms with E-state index in [1.165, 1.54) is 25.9 Å². The highest BCUT2D eigenvalue weighted by Gasteiger charge is 2.14. The molecule has 5 heteroatoms. The molecule has 1 N–H and O–H groups in total. The highest BCUT2D eigenvalue weighted by molar-refractivity contribution is 7.91. The van der Waals surface area contributed by atoms with Crippen molar-refractivity contribution in [3.8, 4) is 0 Å². The molecule has 0 saturated carbocycles. The maximum atomic E-state index is 11.3. The van der Waals surface area contributed by atoms with E-state index in [1.54, 1.807) is 6.92 Å². The molecule has 0 aliphatic carbocycles. The lowest BCUT2D eigenvalue weighted by molar-refractivity contribution is 0.299. The highest BCUT2D eigenvalue weighted by atomic mass is 32.2. The minimum absolute atomic E-state index is 0.260. The summed E-state index contributed by atoms with van der Waals surface area (Å²) in [5.41, 5.74) is 0. The average molecular weight is 262 g/mol. The van der Waals surface area contributed by atoms with Gasteiger partial charge in [-0.2, -0.15) is 0 Å². The number of rotatable bonds is 8. The second-order valence-electron chi connectivity index (χ2n) is 4.95. The van der Waals surface area contributed by atoms with Crippen LogP contribution < -0.4 is 5.32 Å². The van der Waals surface area contributed by atoms with Crippen LogP contribution in [0.4, 0.5) is 0 Å². The molecular weight excluding hydrogens is 236 g/mol.